The number of nitrogens with two attached hydrogens (primary N) is 1. The zero-order valence-electron chi connectivity index (χ0n) is 9.13. The molecule has 1 rings (SSSR count). The van der Waals surface area contributed by atoms with Crippen LogP contribution >= 0.6 is 11.3 Å². The number of aromatic nitrogens is 1. The predicted octanol–water partition coefficient (Wildman–Crippen LogP) is 1.53. The summed E-state index contributed by atoms with van der Waals surface area (Å²) in [5.74, 6) is 0. The number of thiazole rings is 1. The highest BCUT2D eigenvalue weighted by Crippen LogP contribution is 2.11. The SMILES string of the molecule is CC(C)(C)NCc1csc(CCN)n1. The van der Waals surface area contributed by atoms with E-state index in [2.05, 4.69) is 36.5 Å². The number of rotatable bonds is 4. The molecule has 0 aliphatic carbocycles. The van der Waals surface area contributed by atoms with E-state index >= 15 is 0 Å². The van der Waals surface area contributed by atoms with E-state index in [0.29, 0.717) is 6.54 Å². The van der Waals surface area contributed by atoms with Gasteiger partial charge in [-0.15, -0.1) is 11.3 Å². The molecule has 0 bridgehead atoms. The number of hydrogen-bond donors (Lipinski definition) is 2. The molecule has 0 saturated heterocycles. The second-order valence-corrected chi connectivity index (χ2v) is 5.32. The highest BCUT2D eigenvalue weighted by molar-refractivity contribution is 7.09. The van der Waals surface area contributed by atoms with Gasteiger partial charge >= 0.3 is 0 Å². The Hall–Kier alpha value is -0.450. The summed E-state index contributed by atoms with van der Waals surface area (Å²) in [5, 5.41) is 6.64. The molecule has 0 amide bonds. The fourth-order valence-corrected chi connectivity index (χ4v) is 1.84. The molecule has 0 aliphatic rings. The van der Waals surface area contributed by atoms with Crippen LogP contribution in [0.1, 0.15) is 31.5 Å². The summed E-state index contributed by atoms with van der Waals surface area (Å²) in [4.78, 5) is 4.48. The van der Waals surface area contributed by atoms with Crippen LogP contribution in [-0.4, -0.2) is 17.1 Å². The molecule has 0 aromatic carbocycles. The van der Waals surface area contributed by atoms with Crippen molar-refractivity contribution >= 4 is 11.3 Å². The number of nitrogens with one attached hydrogen (secondary N) is 1. The summed E-state index contributed by atoms with van der Waals surface area (Å²) in [6, 6.07) is 0. The average Bonchev–Trinajstić information content (AvgIpc) is 2.49. The summed E-state index contributed by atoms with van der Waals surface area (Å²) in [6.45, 7) is 7.98. The summed E-state index contributed by atoms with van der Waals surface area (Å²) in [5.41, 5.74) is 6.73. The average molecular weight is 213 g/mol. The van der Waals surface area contributed by atoms with Gasteiger partial charge in [-0.2, -0.15) is 0 Å². The van der Waals surface area contributed by atoms with Gasteiger partial charge in [0.25, 0.3) is 0 Å². The van der Waals surface area contributed by atoms with Crippen LogP contribution in [0.2, 0.25) is 0 Å². The third-order valence-electron chi connectivity index (χ3n) is 1.76. The second kappa shape index (κ2) is 4.87. The van der Waals surface area contributed by atoms with Crippen LogP contribution in [0.5, 0.6) is 0 Å². The van der Waals surface area contributed by atoms with Crippen molar-refractivity contribution in [2.75, 3.05) is 6.54 Å². The van der Waals surface area contributed by atoms with Gasteiger partial charge in [0.2, 0.25) is 0 Å². The van der Waals surface area contributed by atoms with Crippen LogP contribution < -0.4 is 11.1 Å². The fraction of sp³-hybridized carbons (Fsp3) is 0.700. The molecular weight excluding hydrogens is 194 g/mol. The van der Waals surface area contributed by atoms with Crippen LogP contribution in [0.3, 0.4) is 0 Å². The monoisotopic (exact) mass is 213 g/mol. The Kier molecular flexibility index (Phi) is 4.04. The van der Waals surface area contributed by atoms with Gasteiger partial charge in [0.15, 0.2) is 0 Å². The molecule has 1 aromatic heterocycles. The lowest BCUT2D eigenvalue weighted by atomic mass is 10.1. The molecule has 3 N–H and O–H groups in total. The highest BCUT2D eigenvalue weighted by atomic mass is 32.1. The van der Waals surface area contributed by atoms with Crippen molar-refractivity contribution in [1.29, 1.82) is 0 Å². The Morgan fingerprint density at radius 1 is 1.50 bits per heavy atom. The van der Waals surface area contributed by atoms with E-state index in [1.807, 2.05) is 0 Å². The van der Waals surface area contributed by atoms with E-state index in [4.69, 9.17) is 5.73 Å². The smallest absolute Gasteiger partial charge is 0.0941 e. The lowest BCUT2D eigenvalue weighted by Gasteiger charge is -2.19. The zero-order valence-corrected chi connectivity index (χ0v) is 9.95. The maximum Gasteiger partial charge on any atom is 0.0941 e. The van der Waals surface area contributed by atoms with Gasteiger partial charge in [0, 0.05) is 23.9 Å². The quantitative estimate of drug-likeness (QED) is 0.797. The maximum atomic E-state index is 5.46. The third kappa shape index (κ3) is 4.17. The van der Waals surface area contributed by atoms with Crippen molar-refractivity contribution in [1.82, 2.24) is 10.3 Å². The molecule has 0 saturated carbocycles. The molecule has 0 fully saturated rings. The lowest BCUT2D eigenvalue weighted by Crippen LogP contribution is -2.35. The molecular formula is C10H19N3S. The molecule has 4 heteroatoms. The molecule has 0 radical (unpaired) electrons. The van der Waals surface area contributed by atoms with Crippen molar-refractivity contribution in [3.8, 4) is 0 Å². The van der Waals surface area contributed by atoms with Gasteiger partial charge in [0.1, 0.15) is 0 Å². The lowest BCUT2D eigenvalue weighted by molar-refractivity contribution is 0.421. The predicted molar refractivity (Wildman–Crippen MR) is 61.5 cm³/mol. The summed E-state index contributed by atoms with van der Waals surface area (Å²) in [7, 11) is 0. The highest BCUT2D eigenvalue weighted by Gasteiger charge is 2.09. The van der Waals surface area contributed by atoms with Gasteiger partial charge in [-0.05, 0) is 27.3 Å². The van der Waals surface area contributed by atoms with Crippen LogP contribution in [0.15, 0.2) is 5.38 Å². The van der Waals surface area contributed by atoms with E-state index in [1.54, 1.807) is 11.3 Å². The van der Waals surface area contributed by atoms with Crippen molar-refractivity contribution in [2.45, 2.75) is 39.3 Å². The fourth-order valence-electron chi connectivity index (χ4n) is 1.02. The van der Waals surface area contributed by atoms with Gasteiger partial charge in [-0.3, -0.25) is 0 Å². The van der Waals surface area contributed by atoms with E-state index in [-0.39, 0.29) is 5.54 Å². The Morgan fingerprint density at radius 2 is 2.21 bits per heavy atom. The van der Waals surface area contributed by atoms with E-state index in [9.17, 15) is 0 Å². The minimum Gasteiger partial charge on any atom is -0.330 e. The van der Waals surface area contributed by atoms with Crippen LogP contribution in [-0.2, 0) is 13.0 Å². The van der Waals surface area contributed by atoms with E-state index in [0.717, 1.165) is 23.7 Å². The molecule has 80 valence electrons. The zero-order chi connectivity index (χ0) is 10.6. The van der Waals surface area contributed by atoms with E-state index in [1.165, 1.54) is 0 Å². The van der Waals surface area contributed by atoms with Crippen molar-refractivity contribution < 1.29 is 0 Å². The molecule has 0 aliphatic heterocycles. The normalized spacial score (nSPS) is 12.0. The minimum absolute atomic E-state index is 0.150. The maximum absolute atomic E-state index is 5.46. The van der Waals surface area contributed by atoms with Crippen LogP contribution in [0, 0.1) is 0 Å². The molecule has 1 aromatic rings. The van der Waals surface area contributed by atoms with Gasteiger partial charge in [-0.1, -0.05) is 0 Å². The van der Waals surface area contributed by atoms with Gasteiger partial charge in [0.05, 0.1) is 10.7 Å². The second-order valence-electron chi connectivity index (χ2n) is 4.37. The first-order valence-electron chi connectivity index (χ1n) is 4.89. The minimum atomic E-state index is 0.150. The Balaban J connectivity index is 2.44. The molecule has 0 unspecified atom stereocenters. The number of hydrogen-bond acceptors (Lipinski definition) is 4. The molecule has 0 atom stereocenters. The van der Waals surface area contributed by atoms with Crippen molar-refractivity contribution in [3.05, 3.63) is 16.1 Å². The Labute approximate surface area is 89.7 Å². The van der Waals surface area contributed by atoms with Crippen molar-refractivity contribution in [2.24, 2.45) is 5.73 Å². The molecule has 14 heavy (non-hydrogen) atoms. The third-order valence-corrected chi connectivity index (χ3v) is 2.71. The number of nitrogens with zero attached hydrogens (tertiary/aromatic N) is 1. The van der Waals surface area contributed by atoms with E-state index < -0.39 is 0 Å². The first-order valence-corrected chi connectivity index (χ1v) is 5.77. The molecule has 3 nitrogen and oxygen atoms in total. The first-order chi connectivity index (χ1) is 6.51. The van der Waals surface area contributed by atoms with Gasteiger partial charge < -0.3 is 11.1 Å². The Bertz CT molecular complexity index is 275. The molecule has 0 spiro atoms. The largest absolute Gasteiger partial charge is 0.330 e. The molecule has 1 heterocycles. The summed E-state index contributed by atoms with van der Waals surface area (Å²) >= 11 is 1.69. The summed E-state index contributed by atoms with van der Waals surface area (Å²) in [6.07, 6.45) is 0.889. The topological polar surface area (TPSA) is 50.9 Å². The first kappa shape index (κ1) is 11.6. The van der Waals surface area contributed by atoms with Gasteiger partial charge in [-0.25, -0.2) is 4.98 Å². The summed E-state index contributed by atoms with van der Waals surface area (Å²) < 4.78 is 0. The van der Waals surface area contributed by atoms with Crippen LogP contribution in [0.25, 0.3) is 0 Å². The van der Waals surface area contributed by atoms with Crippen LogP contribution in [0.4, 0.5) is 0 Å². The van der Waals surface area contributed by atoms with Crippen molar-refractivity contribution in [3.63, 3.8) is 0 Å². The standard InChI is InChI=1S/C10H19N3S/c1-10(2,3)12-6-8-7-14-9(13-8)4-5-11/h7,12H,4-6,11H2,1-3H3. The Morgan fingerprint density at radius 3 is 2.79 bits per heavy atom.